The van der Waals surface area contributed by atoms with Crippen molar-refractivity contribution in [3.63, 3.8) is 0 Å². The van der Waals surface area contributed by atoms with E-state index in [4.69, 9.17) is 15.2 Å². The predicted octanol–water partition coefficient (Wildman–Crippen LogP) is 0.00182. The summed E-state index contributed by atoms with van der Waals surface area (Å²) in [5.41, 5.74) is 5.97. The number of aryl methyl sites for hydroxylation is 1. The number of carboxylic acids is 1. The van der Waals surface area contributed by atoms with Gasteiger partial charge in [-0.2, -0.15) is 9.78 Å². The molecule has 126 valence electrons. The average molecular weight is 330 g/mol. The van der Waals surface area contributed by atoms with Crippen molar-refractivity contribution in [2.45, 2.75) is 6.92 Å². The number of hydrogen-bond acceptors (Lipinski definition) is 7. The number of methoxy groups -OCH3 is 2. The number of nitrogens with two attached hydrogens (primary N) is 1. The second kappa shape index (κ2) is 6.86. The van der Waals surface area contributed by atoms with E-state index >= 15 is 0 Å². The minimum atomic E-state index is -1.46. The van der Waals surface area contributed by atoms with E-state index in [1.165, 1.54) is 38.6 Å². The Labute approximate surface area is 137 Å². The molecule has 0 atom stereocenters. The summed E-state index contributed by atoms with van der Waals surface area (Å²) in [6.07, 6.45) is 1.19. The molecule has 0 radical (unpaired) electrons. The van der Waals surface area contributed by atoms with Crippen LogP contribution in [0, 0.1) is 6.92 Å². The summed E-state index contributed by atoms with van der Waals surface area (Å²) in [6, 6.07) is 5.92. The molecular weight excluding hydrogens is 314 g/mol. The van der Waals surface area contributed by atoms with Gasteiger partial charge in [-0.1, -0.05) is 0 Å². The summed E-state index contributed by atoms with van der Waals surface area (Å²) < 4.78 is 11.1. The van der Waals surface area contributed by atoms with Crippen LogP contribution in [-0.4, -0.2) is 31.1 Å². The zero-order chi connectivity index (χ0) is 17.9. The molecule has 0 saturated heterocycles. The van der Waals surface area contributed by atoms with Gasteiger partial charge in [0.25, 0.3) is 5.56 Å². The molecule has 24 heavy (non-hydrogen) atoms. The zero-order valence-corrected chi connectivity index (χ0v) is 13.4. The first-order valence-corrected chi connectivity index (χ1v) is 6.89. The molecule has 0 amide bonds. The van der Waals surface area contributed by atoms with Gasteiger partial charge in [-0.25, -0.2) is 0 Å². The molecule has 0 aliphatic carbocycles. The van der Waals surface area contributed by atoms with Gasteiger partial charge in [0.15, 0.2) is 11.5 Å². The molecule has 0 saturated carbocycles. The summed E-state index contributed by atoms with van der Waals surface area (Å²) in [6.45, 7) is 1.73. The van der Waals surface area contributed by atoms with Crippen molar-refractivity contribution in [3.05, 3.63) is 51.3 Å². The number of carbonyl (C=O) groups is 1. The van der Waals surface area contributed by atoms with Crippen LogP contribution >= 0.6 is 0 Å². The summed E-state index contributed by atoms with van der Waals surface area (Å²) in [7, 11) is 2.70. The Morgan fingerprint density at radius 3 is 2.54 bits per heavy atom. The minimum absolute atomic E-state index is 0.00525. The van der Waals surface area contributed by atoms with Crippen LogP contribution < -0.4 is 25.9 Å². The van der Waals surface area contributed by atoms with E-state index < -0.39 is 11.5 Å². The number of pyridine rings is 1. The molecule has 8 heteroatoms. The smallest absolute Gasteiger partial charge is 0.273 e. The molecule has 2 rings (SSSR count). The average Bonchev–Trinajstić information content (AvgIpc) is 2.52. The summed E-state index contributed by atoms with van der Waals surface area (Å²) in [4.78, 5) is 23.4. The van der Waals surface area contributed by atoms with Crippen molar-refractivity contribution < 1.29 is 19.4 Å². The van der Waals surface area contributed by atoms with Crippen LogP contribution in [0.4, 0.5) is 5.82 Å². The van der Waals surface area contributed by atoms with E-state index in [-0.39, 0.29) is 28.4 Å². The monoisotopic (exact) mass is 330 g/mol. The number of carboxylic acid groups (broad SMARTS) is 1. The molecule has 0 aliphatic rings. The first kappa shape index (κ1) is 17.1. The van der Waals surface area contributed by atoms with Crippen molar-refractivity contribution >= 4 is 18.0 Å². The van der Waals surface area contributed by atoms with Gasteiger partial charge in [0.1, 0.15) is 5.82 Å². The lowest BCUT2D eigenvalue weighted by atomic mass is 10.1. The van der Waals surface area contributed by atoms with Gasteiger partial charge in [-0.3, -0.25) is 4.79 Å². The van der Waals surface area contributed by atoms with E-state index in [9.17, 15) is 14.7 Å². The van der Waals surface area contributed by atoms with Crippen LogP contribution in [0.1, 0.15) is 21.5 Å². The molecule has 2 N–H and O–H groups in total. The van der Waals surface area contributed by atoms with Crippen LogP contribution in [0.5, 0.6) is 11.5 Å². The molecule has 0 spiro atoms. The lowest BCUT2D eigenvalue weighted by molar-refractivity contribution is -0.255. The SMILES string of the molecule is COc1ccc(/C=N\n2c(N)cc(C)cc2=O)c(C(=O)[O-])c1OC. The highest BCUT2D eigenvalue weighted by Crippen LogP contribution is 2.32. The van der Waals surface area contributed by atoms with Crippen molar-refractivity contribution in [2.24, 2.45) is 5.10 Å². The number of aromatic carboxylic acids is 1. The van der Waals surface area contributed by atoms with Crippen LogP contribution in [0.3, 0.4) is 0 Å². The Bertz CT molecular complexity index is 871. The predicted molar refractivity (Wildman–Crippen MR) is 86.7 cm³/mol. The van der Waals surface area contributed by atoms with E-state index in [0.717, 1.165) is 4.68 Å². The molecule has 0 bridgehead atoms. The van der Waals surface area contributed by atoms with Gasteiger partial charge in [-0.15, -0.1) is 0 Å². The maximum absolute atomic E-state index is 11.9. The minimum Gasteiger partial charge on any atom is -0.545 e. The lowest BCUT2D eigenvalue weighted by Gasteiger charge is -2.15. The van der Waals surface area contributed by atoms with E-state index in [1.807, 2.05) is 0 Å². The number of hydrogen-bond donors (Lipinski definition) is 1. The summed E-state index contributed by atoms with van der Waals surface area (Å²) in [5, 5.41) is 15.4. The number of rotatable bonds is 5. The lowest BCUT2D eigenvalue weighted by Crippen LogP contribution is -2.25. The van der Waals surface area contributed by atoms with Gasteiger partial charge in [0.2, 0.25) is 0 Å². The maximum Gasteiger partial charge on any atom is 0.273 e. The molecule has 1 aromatic carbocycles. The number of nitrogens with zero attached hydrogens (tertiary/aromatic N) is 2. The second-order valence-corrected chi connectivity index (χ2v) is 4.90. The molecule has 1 aromatic heterocycles. The van der Waals surface area contributed by atoms with Gasteiger partial charge in [0.05, 0.1) is 32.0 Å². The number of carbonyl (C=O) groups excluding carboxylic acids is 1. The first-order valence-electron chi connectivity index (χ1n) is 6.89. The Balaban J connectivity index is 2.58. The largest absolute Gasteiger partial charge is 0.545 e. The van der Waals surface area contributed by atoms with Crippen molar-refractivity contribution in [1.29, 1.82) is 0 Å². The van der Waals surface area contributed by atoms with Crippen LogP contribution in [-0.2, 0) is 0 Å². The second-order valence-electron chi connectivity index (χ2n) is 4.90. The molecule has 0 fully saturated rings. The quantitative estimate of drug-likeness (QED) is 0.771. The molecule has 1 heterocycles. The first-order chi connectivity index (χ1) is 11.4. The Kier molecular flexibility index (Phi) is 4.88. The number of benzene rings is 1. The number of aromatic nitrogens is 1. The van der Waals surface area contributed by atoms with E-state index in [2.05, 4.69) is 5.10 Å². The van der Waals surface area contributed by atoms with E-state index in [0.29, 0.717) is 5.56 Å². The highest BCUT2D eigenvalue weighted by Gasteiger charge is 2.15. The third-order valence-electron chi connectivity index (χ3n) is 3.27. The van der Waals surface area contributed by atoms with Crippen LogP contribution in [0.15, 0.2) is 34.2 Å². The van der Waals surface area contributed by atoms with E-state index in [1.54, 1.807) is 13.0 Å². The van der Waals surface area contributed by atoms with Crippen molar-refractivity contribution in [1.82, 2.24) is 4.68 Å². The number of ether oxygens (including phenoxy) is 2. The van der Waals surface area contributed by atoms with Crippen LogP contribution in [0.2, 0.25) is 0 Å². The fraction of sp³-hybridized carbons (Fsp3) is 0.188. The third-order valence-corrected chi connectivity index (χ3v) is 3.27. The summed E-state index contributed by atoms with van der Waals surface area (Å²) >= 11 is 0. The molecule has 0 unspecified atom stereocenters. The van der Waals surface area contributed by atoms with Gasteiger partial charge in [0, 0.05) is 11.6 Å². The Hall–Kier alpha value is -3.29. The number of nitrogen functional groups attached to an aromatic ring is 1. The third kappa shape index (κ3) is 3.22. The molecule has 8 nitrogen and oxygen atoms in total. The molecule has 0 aliphatic heterocycles. The summed E-state index contributed by atoms with van der Waals surface area (Å²) in [5.74, 6) is -1.09. The van der Waals surface area contributed by atoms with Crippen molar-refractivity contribution in [2.75, 3.05) is 20.0 Å². The highest BCUT2D eigenvalue weighted by atomic mass is 16.5. The number of anilines is 1. The zero-order valence-electron chi connectivity index (χ0n) is 13.4. The van der Waals surface area contributed by atoms with Gasteiger partial charge >= 0.3 is 0 Å². The molecular formula is C16H16N3O5-. The van der Waals surface area contributed by atoms with Crippen molar-refractivity contribution in [3.8, 4) is 11.5 Å². The Morgan fingerprint density at radius 1 is 1.29 bits per heavy atom. The fourth-order valence-corrected chi connectivity index (χ4v) is 2.22. The Morgan fingerprint density at radius 2 is 2.00 bits per heavy atom. The molecule has 2 aromatic rings. The topological polar surface area (TPSA) is 119 Å². The van der Waals surface area contributed by atoms with Crippen LogP contribution in [0.25, 0.3) is 0 Å². The maximum atomic E-state index is 11.9. The fourth-order valence-electron chi connectivity index (χ4n) is 2.22. The normalized spacial score (nSPS) is 10.8. The van der Waals surface area contributed by atoms with Gasteiger partial charge < -0.3 is 25.1 Å². The highest BCUT2D eigenvalue weighted by molar-refractivity contribution is 6.00. The van der Waals surface area contributed by atoms with Gasteiger partial charge in [-0.05, 0) is 30.7 Å². The standard InChI is InChI=1S/C16H17N3O5/c1-9-6-12(17)19(13(20)7-9)18-8-10-4-5-11(23-2)15(24-3)14(10)16(21)22/h4-8H,17H2,1-3H3,(H,21,22)/p-1/b18-8-.